The van der Waals surface area contributed by atoms with Crippen LogP contribution >= 0.6 is 0 Å². The minimum Gasteiger partial charge on any atom is -0.497 e. The predicted octanol–water partition coefficient (Wildman–Crippen LogP) is 2.51. The number of benzene rings is 2. The van der Waals surface area contributed by atoms with E-state index in [0.29, 0.717) is 22.6 Å². The Kier molecular flexibility index (Phi) is 5.52. The van der Waals surface area contributed by atoms with Gasteiger partial charge in [-0.1, -0.05) is 6.07 Å². The lowest BCUT2D eigenvalue weighted by atomic mass is 10.1. The van der Waals surface area contributed by atoms with Gasteiger partial charge in [-0.3, -0.25) is 9.03 Å². The van der Waals surface area contributed by atoms with Crippen LogP contribution in [0, 0.1) is 13.8 Å². The van der Waals surface area contributed by atoms with Gasteiger partial charge in [0.15, 0.2) is 0 Å². The molecule has 2 rings (SSSR count). The van der Waals surface area contributed by atoms with Crippen molar-refractivity contribution >= 4 is 31.4 Å². The van der Waals surface area contributed by atoms with Gasteiger partial charge in [0.1, 0.15) is 5.75 Å². The number of nitrogens with one attached hydrogen (secondary N) is 1. The van der Waals surface area contributed by atoms with Crippen LogP contribution in [0.1, 0.15) is 11.1 Å². The smallest absolute Gasteiger partial charge is 0.262 e. The molecule has 0 bridgehead atoms. The number of methoxy groups -OCH3 is 1. The van der Waals surface area contributed by atoms with Crippen LogP contribution in [0.3, 0.4) is 0 Å². The van der Waals surface area contributed by atoms with Crippen molar-refractivity contribution in [2.45, 2.75) is 18.7 Å². The summed E-state index contributed by atoms with van der Waals surface area (Å²) in [6.07, 6.45) is 1.08. The second-order valence-electron chi connectivity index (χ2n) is 5.98. The van der Waals surface area contributed by atoms with Crippen LogP contribution in [0.15, 0.2) is 41.3 Å². The molecule has 0 aliphatic carbocycles. The summed E-state index contributed by atoms with van der Waals surface area (Å²) in [6, 6.07) is 9.49. The Hall–Kier alpha value is -2.26. The number of sulfonamides is 2. The molecule has 2 aromatic rings. The molecule has 0 aromatic heterocycles. The van der Waals surface area contributed by atoms with Crippen LogP contribution in [0.25, 0.3) is 0 Å². The van der Waals surface area contributed by atoms with E-state index < -0.39 is 20.0 Å². The fourth-order valence-corrected chi connectivity index (χ4v) is 4.62. The van der Waals surface area contributed by atoms with E-state index in [4.69, 9.17) is 4.74 Å². The zero-order chi connectivity index (χ0) is 19.7. The molecule has 0 saturated heterocycles. The van der Waals surface area contributed by atoms with Gasteiger partial charge in [-0.15, -0.1) is 0 Å². The van der Waals surface area contributed by atoms with Crippen LogP contribution in [0.5, 0.6) is 5.75 Å². The lowest BCUT2D eigenvalue weighted by molar-refractivity contribution is 0.413. The first kappa shape index (κ1) is 20.1. The summed E-state index contributed by atoms with van der Waals surface area (Å²) in [5, 5.41) is 0. The number of ether oxygens (including phenoxy) is 1. The molecule has 0 atom stereocenters. The molecule has 1 N–H and O–H groups in total. The van der Waals surface area contributed by atoms with Gasteiger partial charge in [0, 0.05) is 7.05 Å². The average molecular weight is 399 g/mol. The van der Waals surface area contributed by atoms with Crippen LogP contribution in [-0.2, 0) is 20.0 Å². The molecule has 0 aliphatic heterocycles. The molecule has 0 unspecified atom stereocenters. The number of aryl methyl sites for hydroxylation is 2. The van der Waals surface area contributed by atoms with Gasteiger partial charge < -0.3 is 4.74 Å². The van der Waals surface area contributed by atoms with Crippen molar-refractivity contribution < 1.29 is 21.6 Å². The van der Waals surface area contributed by atoms with Gasteiger partial charge in [-0.2, -0.15) is 0 Å². The van der Waals surface area contributed by atoms with Crippen LogP contribution in [0.2, 0.25) is 0 Å². The number of rotatable bonds is 6. The van der Waals surface area contributed by atoms with E-state index in [9.17, 15) is 16.8 Å². The Balaban J connectivity index is 2.43. The number of hydrogen-bond acceptors (Lipinski definition) is 5. The Morgan fingerprint density at radius 2 is 1.58 bits per heavy atom. The Bertz CT molecular complexity index is 1010. The minimum atomic E-state index is -3.85. The molecule has 0 amide bonds. The maximum atomic E-state index is 12.8. The molecule has 0 spiro atoms. The highest BCUT2D eigenvalue weighted by molar-refractivity contribution is 7.93. The van der Waals surface area contributed by atoms with E-state index >= 15 is 0 Å². The topological polar surface area (TPSA) is 92.8 Å². The fourth-order valence-electron chi connectivity index (χ4n) is 2.62. The summed E-state index contributed by atoms with van der Waals surface area (Å²) in [7, 11) is -4.38. The highest BCUT2D eigenvalue weighted by Gasteiger charge is 2.21. The number of hydrogen-bond donors (Lipinski definition) is 1. The third kappa shape index (κ3) is 4.28. The van der Waals surface area contributed by atoms with Crippen molar-refractivity contribution in [1.82, 2.24) is 0 Å². The Labute approximate surface area is 154 Å². The molecule has 2 aromatic carbocycles. The monoisotopic (exact) mass is 398 g/mol. The minimum absolute atomic E-state index is 0.167. The standard InChI is InChI=1S/C17H22N2O5S2/c1-12-9-16(24-4)10-13(2)17(12)26(22,23)18-14-7-6-8-15(11-14)19(3)25(5,20)21/h6-11,18H,1-5H3. The van der Waals surface area contributed by atoms with E-state index in [0.717, 1.165) is 10.6 Å². The lowest BCUT2D eigenvalue weighted by Crippen LogP contribution is -2.25. The molecule has 0 radical (unpaired) electrons. The largest absolute Gasteiger partial charge is 0.497 e. The summed E-state index contributed by atoms with van der Waals surface area (Å²) in [6.45, 7) is 3.38. The first-order chi connectivity index (χ1) is 12.0. The lowest BCUT2D eigenvalue weighted by Gasteiger charge is -2.18. The summed E-state index contributed by atoms with van der Waals surface area (Å²) >= 11 is 0. The van der Waals surface area contributed by atoms with E-state index in [-0.39, 0.29) is 10.6 Å². The van der Waals surface area contributed by atoms with Gasteiger partial charge in [-0.25, -0.2) is 16.8 Å². The second kappa shape index (κ2) is 7.16. The van der Waals surface area contributed by atoms with Gasteiger partial charge in [0.05, 0.1) is 29.6 Å². The molecule has 142 valence electrons. The second-order valence-corrected chi connectivity index (χ2v) is 9.61. The van der Waals surface area contributed by atoms with E-state index in [1.54, 1.807) is 44.2 Å². The van der Waals surface area contributed by atoms with Crippen molar-refractivity contribution in [1.29, 1.82) is 0 Å². The fraction of sp³-hybridized carbons (Fsp3) is 0.294. The molecule has 9 heteroatoms. The van der Waals surface area contributed by atoms with E-state index in [1.165, 1.54) is 20.2 Å². The zero-order valence-corrected chi connectivity index (χ0v) is 16.9. The van der Waals surface area contributed by atoms with Gasteiger partial charge in [0.2, 0.25) is 10.0 Å². The summed E-state index contributed by atoms with van der Waals surface area (Å²) in [5.41, 5.74) is 1.74. The molecule has 0 saturated carbocycles. The maximum Gasteiger partial charge on any atom is 0.262 e. The SMILES string of the molecule is COc1cc(C)c(S(=O)(=O)Nc2cccc(N(C)S(C)(=O)=O)c2)c(C)c1. The predicted molar refractivity (Wildman–Crippen MR) is 103 cm³/mol. The third-order valence-electron chi connectivity index (χ3n) is 3.90. The van der Waals surface area contributed by atoms with Crippen LogP contribution < -0.4 is 13.8 Å². The van der Waals surface area contributed by atoms with Crippen molar-refractivity contribution in [3.63, 3.8) is 0 Å². The normalized spacial score (nSPS) is 11.9. The molecule has 0 aliphatic rings. The summed E-state index contributed by atoms with van der Waals surface area (Å²) in [4.78, 5) is 0.167. The zero-order valence-electron chi connectivity index (χ0n) is 15.3. The quantitative estimate of drug-likeness (QED) is 0.807. The third-order valence-corrected chi connectivity index (χ3v) is 6.79. The molecule has 7 nitrogen and oxygen atoms in total. The molecular formula is C17H22N2O5S2. The van der Waals surface area contributed by atoms with Crippen molar-refractivity contribution in [3.05, 3.63) is 47.5 Å². The highest BCUT2D eigenvalue weighted by atomic mass is 32.2. The van der Waals surface area contributed by atoms with Gasteiger partial charge in [-0.05, 0) is 55.3 Å². The maximum absolute atomic E-state index is 12.8. The van der Waals surface area contributed by atoms with Crippen molar-refractivity contribution in [2.75, 3.05) is 29.4 Å². The van der Waals surface area contributed by atoms with E-state index in [1.807, 2.05) is 0 Å². The van der Waals surface area contributed by atoms with Gasteiger partial charge >= 0.3 is 0 Å². The first-order valence-electron chi connectivity index (χ1n) is 7.67. The molecule has 0 fully saturated rings. The summed E-state index contributed by atoms with van der Waals surface area (Å²) < 4.78 is 57.8. The van der Waals surface area contributed by atoms with Crippen molar-refractivity contribution in [2.24, 2.45) is 0 Å². The molecule has 26 heavy (non-hydrogen) atoms. The average Bonchev–Trinajstić information content (AvgIpc) is 2.51. The highest BCUT2D eigenvalue weighted by Crippen LogP contribution is 2.28. The van der Waals surface area contributed by atoms with Crippen LogP contribution in [0.4, 0.5) is 11.4 Å². The van der Waals surface area contributed by atoms with Crippen LogP contribution in [-0.4, -0.2) is 37.2 Å². The van der Waals surface area contributed by atoms with Gasteiger partial charge in [0.25, 0.3) is 10.0 Å². The Morgan fingerprint density at radius 1 is 1.00 bits per heavy atom. The number of anilines is 2. The first-order valence-corrected chi connectivity index (χ1v) is 11.0. The molecular weight excluding hydrogens is 376 g/mol. The van der Waals surface area contributed by atoms with Crippen molar-refractivity contribution in [3.8, 4) is 5.75 Å². The summed E-state index contributed by atoms with van der Waals surface area (Å²) in [5.74, 6) is 0.579. The molecule has 0 heterocycles. The number of nitrogens with zero attached hydrogens (tertiary/aromatic N) is 1. The Morgan fingerprint density at radius 3 is 2.08 bits per heavy atom. The van der Waals surface area contributed by atoms with E-state index in [2.05, 4.69) is 4.72 Å².